The van der Waals surface area contributed by atoms with Gasteiger partial charge in [-0.15, -0.1) is 0 Å². The van der Waals surface area contributed by atoms with Gasteiger partial charge in [-0.2, -0.15) is 0 Å². The molecule has 0 unspecified atom stereocenters. The maximum absolute atomic E-state index is 12.8. The van der Waals surface area contributed by atoms with Gasteiger partial charge in [0.1, 0.15) is 5.75 Å². The van der Waals surface area contributed by atoms with Crippen molar-refractivity contribution < 1.29 is 9.53 Å². The highest BCUT2D eigenvalue weighted by molar-refractivity contribution is 6.02. The van der Waals surface area contributed by atoms with E-state index in [0.29, 0.717) is 0 Å². The highest BCUT2D eigenvalue weighted by Gasteiger charge is 2.36. The number of Topliss-reactive ketones (excluding diaryl/α,β-unsaturated/α-hetero) is 1. The number of rotatable bonds is 4. The number of carbonyl (C=O) groups is 1. The Morgan fingerprint density at radius 3 is 2.15 bits per heavy atom. The number of benzene rings is 1. The van der Waals surface area contributed by atoms with Crippen LogP contribution in [0.3, 0.4) is 0 Å². The molecule has 2 rings (SSSR count). The molecule has 20 heavy (non-hydrogen) atoms. The fourth-order valence-corrected chi connectivity index (χ4v) is 2.60. The maximum Gasteiger partial charge on any atom is 0.182 e. The number of piperazine rings is 1. The van der Waals surface area contributed by atoms with Crippen LogP contribution >= 0.6 is 0 Å². The molecule has 4 nitrogen and oxygen atoms in total. The molecule has 1 saturated heterocycles. The van der Waals surface area contributed by atoms with Crippen LogP contribution in [0.25, 0.3) is 0 Å². The minimum absolute atomic E-state index is 0.171. The molecule has 1 aromatic rings. The van der Waals surface area contributed by atoms with Crippen molar-refractivity contribution in [2.75, 3.05) is 40.3 Å². The van der Waals surface area contributed by atoms with E-state index < -0.39 is 5.54 Å². The fraction of sp³-hybridized carbons (Fsp3) is 0.562. The van der Waals surface area contributed by atoms with E-state index in [9.17, 15) is 4.79 Å². The average Bonchev–Trinajstić information content (AvgIpc) is 2.47. The van der Waals surface area contributed by atoms with Crippen LogP contribution in [-0.2, 0) is 0 Å². The first-order valence-electron chi connectivity index (χ1n) is 7.07. The first kappa shape index (κ1) is 15.0. The van der Waals surface area contributed by atoms with Gasteiger partial charge in [-0.1, -0.05) is 0 Å². The Labute approximate surface area is 121 Å². The third kappa shape index (κ3) is 3.02. The van der Waals surface area contributed by atoms with Crippen LogP contribution in [0, 0.1) is 0 Å². The number of carbonyl (C=O) groups excluding carboxylic acids is 1. The fourth-order valence-electron chi connectivity index (χ4n) is 2.60. The predicted molar refractivity (Wildman–Crippen MR) is 80.5 cm³/mol. The predicted octanol–water partition coefficient (Wildman–Crippen LogP) is 1.90. The Balaban J connectivity index is 2.13. The summed E-state index contributed by atoms with van der Waals surface area (Å²) in [6.45, 7) is 7.94. The van der Waals surface area contributed by atoms with Crippen LogP contribution in [-0.4, -0.2) is 61.5 Å². The van der Waals surface area contributed by atoms with Crippen molar-refractivity contribution >= 4 is 5.78 Å². The van der Waals surface area contributed by atoms with Crippen LogP contribution in [0.4, 0.5) is 0 Å². The van der Waals surface area contributed by atoms with Crippen LogP contribution < -0.4 is 4.74 Å². The topological polar surface area (TPSA) is 32.8 Å². The lowest BCUT2D eigenvalue weighted by atomic mass is 9.90. The van der Waals surface area contributed by atoms with Crippen molar-refractivity contribution in [3.63, 3.8) is 0 Å². The van der Waals surface area contributed by atoms with Crippen LogP contribution in [0.2, 0.25) is 0 Å². The summed E-state index contributed by atoms with van der Waals surface area (Å²) in [5.74, 6) is 0.948. The molecule has 0 bridgehead atoms. The Morgan fingerprint density at radius 1 is 1.10 bits per heavy atom. The number of hydrogen-bond acceptors (Lipinski definition) is 4. The second-order valence-electron chi connectivity index (χ2n) is 5.91. The number of likely N-dealkylation sites (N-methyl/N-ethyl adjacent to an activating group) is 1. The molecule has 0 atom stereocenters. The molecule has 1 fully saturated rings. The SMILES string of the molecule is COc1ccc(C(=O)C(C)(C)N2CCN(C)CC2)cc1. The first-order chi connectivity index (χ1) is 9.45. The summed E-state index contributed by atoms with van der Waals surface area (Å²) in [7, 11) is 3.75. The maximum atomic E-state index is 12.8. The average molecular weight is 276 g/mol. The summed E-state index contributed by atoms with van der Waals surface area (Å²) in [4.78, 5) is 17.3. The number of methoxy groups -OCH3 is 1. The van der Waals surface area contributed by atoms with Crippen LogP contribution in [0.15, 0.2) is 24.3 Å². The minimum Gasteiger partial charge on any atom is -0.497 e. The van der Waals surface area contributed by atoms with E-state index in [1.807, 2.05) is 38.1 Å². The van der Waals surface area contributed by atoms with E-state index in [4.69, 9.17) is 4.74 Å². The van der Waals surface area contributed by atoms with Crippen LogP contribution in [0.1, 0.15) is 24.2 Å². The van der Waals surface area contributed by atoms with Gasteiger partial charge in [0.05, 0.1) is 12.6 Å². The number of ether oxygens (including phenoxy) is 1. The second kappa shape index (κ2) is 5.94. The standard InChI is InChI=1S/C16H24N2O2/c1-16(2,18-11-9-17(3)10-12-18)15(19)13-5-7-14(20-4)8-6-13/h5-8H,9-12H2,1-4H3. The molecular weight excluding hydrogens is 252 g/mol. The van der Waals surface area contributed by atoms with Crippen molar-refractivity contribution in [1.29, 1.82) is 0 Å². The normalized spacial score (nSPS) is 18.0. The molecular formula is C16H24N2O2. The van der Waals surface area contributed by atoms with E-state index in [1.54, 1.807) is 7.11 Å². The van der Waals surface area contributed by atoms with Gasteiger partial charge in [0.15, 0.2) is 5.78 Å². The van der Waals surface area contributed by atoms with Crippen molar-refractivity contribution in [2.24, 2.45) is 0 Å². The summed E-state index contributed by atoms with van der Waals surface area (Å²) in [6.07, 6.45) is 0. The molecule has 0 aliphatic carbocycles. The Morgan fingerprint density at radius 2 is 1.65 bits per heavy atom. The molecule has 1 heterocycles. The Hall–Kier alpha value is -1.39. The third-order valence-corrected chi connectivity index (χ3v) is 4.20. The van der Waals surface area contributed by atoms with Gasteiger partial charge in [-0.05, 0) is 45.2 Å². The second-order valence-corrected chi connectivity index (χ2v) is 5.91. The molecule has 4 heteroatoms. The zero-order valence-electron chi connectivity index (χ0n) is 12.8. The molecule has 0 amide bonds. The smallest absolute Gasteiger partial charge is 0.182 e. The summed E-state index contributed by atoms with van der Waals surface area (Å²) in [5.41, 5.74) is 0.283. The zero-order chi connectivity index (χ0) is 14.8. The quantitative estimate of drug-likeness (QED) is 0.786. The number of nitrogens with zero attached hydrogens (tertiary/aromatic N) is 2. The van der Waals surface area contributed by atoms with Gasteiger partial charge in [0, 0.05) is 31.7 Å². The largest absolute Gasteiger partial charge is 0.497 e. The number of ketones is 1. The Kier molecular flexibility index (Phi) is 4.45. The molecule has 0 N–H and O–H groups in total. The van der Waals surface area contributed by atoms with Gasteiger partial charge in [0.25, 0.3) is 0 Å². The third-order valence-electron chi connectivity index (χ3n) is 4.20. The minimum atomic E-state index is -0.462. The lowest BCUT2D eigenvalue weighted by Gasteiger charge is -2.42. The Bertz CT molecular complexity index is 460. The summed E-state index contributed by atoms with van der Waals surface area (Å²) in [5, 5.41) is 0. The molecule has 0 radical (unpaired) electrons. The van der Waals surface area contributed by atoms with Gasteiger partial charge in [-0.3, -0.25) is 9.69 Å². The monoisotopic (exact) mass is 276 g/mol. The number of hydrogen-bond donors (Lipinski definition) is 0. The molecule has 110 valence electrons. The molecule has 0 saturated carbocycles. The van der Waals surface area contributed by atoms with E-state index in [0.717, 1.165) is 37.5 Å². The van der Waals surface area contributed by atoms with E-state index in [1.165, 1.54) is 0 Å². The van der Waals surface area contributed by atoms with E-state index >= 15 is 0 Å². The molecule has 0 spiro atoms. The summed E-state index contributed by atoms with van der Waals surface area (Å²) in [6, 6.07) is 7.37. The summed E-state index contributed by atoms with van der Waals surface area (Å²) < 4.78 is 5.14. The van der Waals surface area contributed by atoms with Crippen molar-refractivity contribution in [2.45, 2.75) is 19.4 Å². The lowest BCUT2D eigenvalue weighted by molar-refractivity contribution is 0.0463. The van der Waals surface area contributed by atoms with Gasteiger partial charge >= 0.3 is 0 Å². The van der Waals surface area contributed by atoms with E-state index in [-0.39, 0.29) is 5.78 Å². The molecule has 1 aromatic carbocycles. The highest BCUT2D eigenvalue weighted by atomic mass is 16.5. The summed E-state index contributed by atoms with van der Waals surface area (Å²) >= 11 is 0. The van der Waals surface area contributed by atoms with Gasteiger partial charge in [0.2, 0.25) is 0 Å². The molecule has 1 aliphatic rings. The first-order valence-corrected chi connectivity index (χ1v) is 7.07. The van der Waals surface area contributed by atoms with Crippen LogP contribution in [0.5, 0.6) is 5.75 Å². The van der Waals surface area contributed by atoms with Gasteiger partial charge in [-0.25, -0.2) is 0 Å². The molecule has 0 aromatic heterocycles. The molecule has 1 aliphatic heterocycles. The van der Waals surface area contributed by atoms with Crippen molar-refractivity contribution in [3.05, 3.63) is 29.8 Å². The zero-order valence-corrected chi connectivity index (χ0v) is 12.8. The van der Waals surface area contributed by atoms with Gasteiger partial charge < -0.3 is 9.64 Å². The highest BCUT2D eigenvalue weighted by Crippen LogP contribution is 2.23. The van der Waals surface area contributed by atoms with Crippen molar-refractivity contribution in [3.8, 4) is 5.75 Å². The lowest BCUT2D eigenvalue weighted by Crippen LogP contribution is -2.57. The van der Waals surface area contributed by atoms with E-state index in [2.05, 4.69) is 16.8 Å². The van der Waals surface area contributed by atoms with Crippen molar-refractivity contribution in [1.82, 2.24) is 9.80 Å².